The first-order valence-electron chi connectivity index (χ1n) is 5.79. The minimum absolute atomic E-state index is 0.125. The van der Waals surface area contributed by atoms with Gasteiger partial charge in [-0.1, -0.05) is 13.3 Å². The van der Waals surface area contributed by atoms with Gasteiger partial charge in [0, 0.05) is 19.3 Å². The van der Waals surface area contributed by atoms with Crippen molar-refractivity contribution < 1.29 is 4.79 Å². The van der Waals surface area contributed by atoms with Gasteiger partial charge in [0.05, 0.1) is 5.69 Å². The van der Waals surface area contributed by atoms with Crippen LogP contribution in [-0.4, -0.2) is 34.2 Å². The molecule has 0 fully saturated rings. The van der Waals surface area contributed by atoms with E-state index in [1.807, 2.05) is 27.0 Å². The number of unbranched alkanes of at least 4 members (excludes halogenated alkanes) is 1. The zero-order valence-corrected chi connectivity index (χ0v) is 10.7. The topological polar surface area (TPSA) is 38.1 Å². The van der Waals surface area contributed by atoms with Gasteiger partial charge in [-0.25, -0.2) is 0 Å². The average molecular weight is 223 g/mol. The third kappa shape index (κ3) is 3.36. The van der Waals surface area contributed by atoms with Crippen molar-refractivity contribution in [3.63, 3.8) is 0 Å². The van der Waals surface area contributed by atoms with Crippen LogP contribution < -0.4 is 0 Å². The molecule has 0 aliphatic rings. The monoisotopic (exact) mass is 223 g/mol. The number of hydrogen-bond donors (Lipinski definition) is 0. The molecule has 0 aliphatic heterocycles. The fourth-order valence-corrected chi connectivity index (χ4v) is 1.60. The maximum Gasteiger partial charge on any atom is 0.244 e. The standard InChI is InChI=1S/C12H21N3O/c1-5-6-7-14(4)12(16)9-15-11(3)8-10(2)13-15/h8H,5-7,9H2,1-4H3. The van der Waals surface area contributed by atoms with Crippen LogP contribution >= 0.6 is 0 Å². The van der Waals surface area contributed by atoms with Gasteiger partial charge in [0.1, 0.15) is 6.54 Å². The summed E-state index contributed by atoms with van der Waals surface area (Å²) in [5.74, 6) is 0.125. The van der Waals surface area contributed by atoms with Crippen LogP contribution in [0.2, 0.25) is 0 Å². The maximum atomic E-state index is 11.8. The summed E-state index contributed by atoms with van der Waals surface area (Å²) in [6.45, 7) is 7.21. The van der Waals surface area contributed by atoms with Crippen LogP contribution in [0.4, 0.5) is 0 Å². The highest BCUT2D eigenvalue weighted by atomic mass is 16.2. The van der Waals surface area contributed by atoms with Crippen LogP contribution in [0.25, 0.3) is 0 Å². The van der Waals surface area contributed by atoms with E-state index in [0.717, 1.165) is 30.8 Å². The van der Waals surface area contributed by atoms with E-state index < -0.39 is 0 Å². The Balaban J connectivity index is 2.53. The van der Waals surface area contributed by atoms with Gasteiger partial charge >= 0.3 is 0 Å². The Bertz CT molecular complexity index is 357. The van der Waals surface area contributed by atoms with Crippen molar-refractivity contribution in [1.29, 1.82) is 0 Å². The summed E-state index contributed by atoms with van der Waals surface area (Å²) in [7, 11) is 1.85. The number of carbonyl (C=O) groups excluding carboxylic acids is 1. The third-order valence-corrected chi connectivity index (χ3v) is 2.66. The molecule has 0 spiro atoms. The molecule has 1 rings (SSSR count). The lowest BCUT2D eigenvalue weighted by molar-refractivity contribution is -0.130. The molecule has 16 heavy (non-hydrogen) atoms. The molecule has 0 unspecified atom stereocenters. The smallest absolute Gasteiger partial charge is 0.244 e. The second-order valence-corrected chi connectivity index (χ2v) is 4.25. The predicted octanol–water partition coefficient (Wildman–Crippen LogP) is 1.76. The van der Waals surface area contributed by atoms with Crippen LogP contribution in [-0.2, 0) is 11.3 Å². The van der Waals surface area contributed by atoms with Gasteiger partial charge in [-0.2, -0.15) is 5.10 Å². The molecule has 0 saturated carbocycles. The van der Waals surface area contributed by atoms with Crippen molar-refractivity contribution >= 4 is 5.91 Å². The third-order valence-electron chi connectivity index (χ3n) is 2.66. The highest BCUT2D eigenvalue weighted by Crippen LogP contribution is 2.02. The van der Waals surface area contributed by atoms with Crippen LogP contribution in [0.5, 0.6) is 0 Å². The number of rotatable bonds is 5. The first-order valence-corrected chi connectivity index (χ1v) is 5.79. The number of hydrogen-bond acceptors (Lipinski definition) is 2. The van der Waals surface area contributed by atoms with Crippen LogP contribution in [0.15, 0.2) is 6.07 Å². The van der Waals surface area contributed by atoms with E-state index in [1.54, 1.807) is 9.58 Å². The van der Waals surface area contributed by atoms with Crippen LogP contribution in [0.3, 0.4) is 0 Å². The Labute approximate surface area is 97.2 Å². The van der Waals surface area contributed by atoms with Crippen molar-refractivity contribution in [2.24, 2.45) is 0 Å². The minimum Gasteiger partial charge on any atom is -0.344 e. The van der Waals surface area contributed by atoms with Crippen molar-refractivity contribution in [1.82, 2.24) is 14.7 Å². The fourth-order valence-electron chi connectivity index (χ4n) is 1.60. The predicted molar refractivity (Wildman–Crippen MR) is 64.2 cm³/mol. The SMILES string of the molecule is CCCCN(C)C(=O)Cn1nc(C)cc1C. The Morgan fingerprint density at radius 1 is 1.50 bits per heavy atom. The van der Waals surface area contributed by atoms with E-state index in [1.165, 1.54) is 0 Å². The number of aryl methyl sites for hydroxylation is 2. The quantitative estimate of drug-likeness (QED) is 0.763. The van der Waals surface area contributed by atoms with Gasteiger partial charge in [0.25, 0.3) is 0 Å². The number of nitrogens with zero attached hydrogens (tertiary/aromatic N) is 3. The normalized spacial score (nSPS) is 10.5. The molecule has 0 aromatic carbocycles. The molecule has 90 valence electrons. The molecule has 4 nitrogen and oxygen atoms in total. The lowest BCUT2D eigenvalue weighted by Gasteiger charge is -2.17. The Morgan fingerprint density at radius 2 is 2.19 bits per heavy atom. The summed E-state index contributed by atoms with van der Waals surface area (Å²) in [5.41, 5.74) is 2.00. The first-order chi connectivity index (χ1) is 7.54. The summed E-state index contributed by atoms with van der Waals surface area (Å²) >= 11 is 0. The zero-order valence-electron chi connectivity index (χ0n) is 10.7. The van der Waals surface area contributed by atoms with E-state index in [4.69, 9.17) is 0 Å². The van der Waals surface area contributed by atoms with Crippen molar-refractivity contribution in [3.8, 4) is 0 Å². The fraction of sp³-hybridized carbons (Fsp3) is 0.667. The van der Waals surface area contributed by atoms with Gasteiger partial charge in [-0.15, -0.1) is 0 Å². The van der Waals surface area contributed by atoms with Gasteiger partial charge in [-0.05, 0) is 26.3 Å². The van der Waals surface area contributed by atoms with Crippen molar-refractivity contribution in [2.45, 2.75) is 40.2 Å². The number of amides is 1. The second-order valence-electron chi connectivity index (χ2n) is 4.25. The molecule has 4 heteroatoms. The molecule has 0 aliphatic carbocycles. The molecular weight excluding hydrogens is 202 g/mol. The van der Waals surface area contributed by atoms with E-state index in [2.05, 4.69) is 12.0 Å². The number of carbonyl (C=O) groups is 1. The summed E-state index contributed by atoms with van der Waals surface area (Å²) in [6.07, 6.45) is 2.16. The molecule has 1 amide bonds. The highest BCUT2D eigenvalue weighted by molar-refractivity contribution is 5.75. The zero-order chi connectivity index (χ0) is 12.1. The van der Waals surface area contributed by atoms with Gasteiger partial charge in [0.2, 0.25) is 5.91 Å². The van der Waals surface area contributed by atoms with Gasteiger partial charge in [0.15, 0.2) is 0 Å². The largest absolute Gasteiger partial charge is 0.344 e. The number of likely N-dealkylation sites (N-methyl/N-ethyl adjacent to an activating group) is 1. The van der Waals surface area contributed by atoms with Crippen LogP contribution in [0, 0.1) is 13.8 Å². The molecule has 0 radical (unpaired) electrons. The lowest BCUT2D eigenvalue weighted by atomic mass is 10.3. The molecule has 0 N–H and O–H groups in total. The molecular formula is C12H21N3O. The lowest BCUT2D eigenvalue weighted by Crippen LogP contribution is -2.31. The second kappa shape index (κ2) is 5.68. The molecule has 0 saturated heterocycles. The van der Waals surface area contributed by atoms with E-state index >= 15 is 0 Å². The first kappa shape index (κ1) is 12.7. The Morgan fingerprint density at radius 3 is 2.69 bits per heavy atom. The molecule has 1 heterocycles. The van der Waals surface area contributed by atoms with E-state index in [-0.39, 0.29) is 5.91 Å². The van der Waals surface area contributed by atoms with Gasteiger partial charge in [-0.3, -0.25) is 9.48 Å². The molecule has 1 aromatic rings. The Kier molecular flexibility index (Phi) is 4.52. The molecule has 0 atom stereocenters. The van der Waals surface area contributed by atoms with Gasteiger partial charge < -0.3 is 4.90 Å². The number of aromatic nitrogens is 2. The Hall–Kier alpha value is -1.32. The summed E-state index contributed by atoms with van der Waals surface area (Å²) < 4.78 is 1.76. The molecule has 0 bridgehead atoms. The van der Waals surface area contributed by atoms with E-state index in [0.29, 0.717) is 6.54 Å². The maximum absolute atomic E-state index is 11.8. The summed E-state index contributed by atoms with van der Waals surface area (Å²) in [4.78, 5) is 13.6. The minimum atomic E-state index is 0.125. The summed E-state index contributed by atoms with van der Waals surface area (Å²) in [5, 5.41) is 4.28. The van der Waals surface area contributed by atoms with E-state index in [9.17, 15) is 4.79 Å². The highest BCUT2D eigenvalue weighted by Gasteiger charge is 2.10. The molecule has 1 aromatic heterocycles. The summed E-state index contributed by atoms with van der Waals surface area (Å²) in [6, 6.07) is 1.99. The average Bonchev–Trinajstić information content (AvgIpc) is 2.53. The van der Waals surface area contributed by atoms with Crippen molar-refractivity contribution in [2.75, 3.05) is 13.6 Å². The van der Waals surface area contributed by atoms with Crippen LogP contribution in [0.1, 0.15) is 31.2 Å². The van der Waals surface area contributed by atoms with Crippen molar-refractivity contribution in [3.05, 3.63) is 17.5 Å².